The van der Waals surface area contributed by atoms with E-state index in [9.17, 15) is 19.5 Å². The Morgan fingerprint density at radius 2 is 1.60 bits per heavy atom. The van der Waals surface area contributed by atoms with Crippen molar-refractivity contribution in [3.05, 3.63) is 148 Å². The molecule has 11 nitrogen and oxygen atoms in total. The molecule has 2 N–H and O–H groups in total. The van der Waals surface area contributed by atoms with Gasteiger partial charge in [0.15, 0.2) is 11.4 Å². The molecule has 0 radical (unpaired) electrons. The molecule has 2 aliphatic rings. The van der Waals surface area contributed by atoms with Gasteiger partial charge in [0.1, 0.15) is 17.8 Å². The predicted molar refractivity (Wildman–Crippen MR) is 196 cm³/mol. The number of benzene rings is 4. The van der Waals surface area contributed by atoms with Crippen LogP contribution in [0.15, 0.2) is 109 Å². The van der Waals surface area contributed by atoms with E-state index in [0.717, 1.165) is 38.9 Å². The number of carbonyl (C=O) groups is 3. The highest BCUT2D eigenvalue weighted by atomic mass is 35.5. The number of aromatic nitrogens is 2. The zero-order valence-corrected chi connectivity index (χ0v) is 30.0. The summed E-state index contributed by atoms with van der Waals surface area (Å²) in [6.07, 6.45) is -0.0842. The number of aliphatic hydroxyl groups excluding tert-OH is 1. The molecular weight excluding hydrogens is 719 g/mol. The minimum absolute atomic E-state index is 0.0426. The number of likely N-dealkylation sites (tertiary alicyclic amines) is 1. The highest BCUT2D eigenvalue weighted by molar-refractivity contribution is 6.40. The standard InChI is InChI=1S/C40H36Cl2N4O7/c41-36-37(42)45(24-43-36)21-31-18-34(28-12-10-25(22-47)11-13-28)53-39(52-31)29-16-14-27(15-17-29)32-9-5-4-8-30(32)20-46-35(48)19-33(38(46)49)44-40(50)51-23-26-6-2-1-3-7-26/h1-17,24,31,33-34,39,47H,18-23H2,(H,44,50)/t31-,33?,34+,39+/m1/s1. The zero-order valence-electron chi connectivity index (χ0n) is 28.4. The number of alkyl carbamates (subject to hydrolysis) is 1. The van der Waals surface area contributed by atoms with Gasteiger partial charge in [0.05, 0.1) is 44.7 Å². The number of ether oxygens (including phenoxy) is 3. The van der Waals surface area contributed by atoms with E-state index in [1.54, 1.807) is 10.9 Å². The molecule has 272 valence electrons. The smallest absolute Gasteiger partial charge is 0.408 e. The lowest BCUT2D eigenvalue weighted by molar-refractivity contribution is -0.252. The van der Waals surface area contributed by atoms with Gasteiger partial charge in [-0.25, -0.2) is 9.78 Å². The number of halogens is 2. The summed E-state index contributed by atoms with van der Waals surface area (Å²) in [4.78, 5) is 44.0. The molecule has 0 bridgehead atoms. The largest absolute Gasteiger partial charge is 0.445 e. The number of imide groups is 1. The molecule has 1 aromatic heterocycles. The average Bonchev–Trinajstić information content (AvgIpc) is 3.64. The first kappa shape index (κ1) is 36.3. The minimum atomic E-state index is -1.00. The summed E-state index contributed by atoms with van der Waals surface area (Å²) < 4.78 is 20.0. The number of aliphatic hydroxyl groups is 1. The normalized spacial score (nSPS) is 20.1. The minimum Gasteiger partial charge on any atom is -0.445 e. The first-order chi connectivity index (χ1) is 25.7. The molecular formula is C40H36Cl2N4O7. The van der Waals surface area contributed by atoms with E-state index >= 15 is 0 Å². The molecule has 0 saturated carbocycles. The van der Waals surface area contributed by atoms with Crippen molar-refractivity contribution >= 4 is 41.1 Å². The molecule has 0 aliphatic carbocycles. The Bertz CT molecular complexity index is 2080. The lowest BCUT2D eigenvalue weighted by atomic mass is 9.97. The number of nitrogens with one attached hydrogen (secondary N) is 1. The Morgan fingerprint density at radius 1 is 0.887 bits per heavy atom. The Balaban J connectivity index is 1.05. The number of rotatable bonds is 11. The van der Waals surface area contributed by atoms with Crippen LogP contribution in [-0.2, 0) is 50.1 Å². The van der Waals surface area contributed by atoms with Crippen molar-refractivity contribution in [3.8, 4) is 11.1 Å². The maximum Gasteiger partial charge on any atom is 0.408 e. The molecule has 13 heteroatoms. The molecule has 0 spiro atoms. The van der Waals surface area contributed by atoms with E-state index in [1.807, 2.05) is 103 Å². The summed E-state index contributed by atoms with van der Waals surface area (Å²) >= 11 is 12.5. The van der Waals surface area contributed by atoms with Crippen LogP contribution < -0.4 is 5.32 Å². The van der Waals surface area contributed by atoms with Gasteiger partial charge in [-0.2, -0.15) is 0 Å². The number of nitrogens with zero attached hydrogens (tertiary/aromatic N) is 3. The molecule has 53 heavy (non-hydrogen) atoms. The second-order valence-electron chi connectivity index (χ2n) is 12.9. The van der Waals surface area contributed by atoms with Crippen molar-refractivity contribution in [1.29, 1.82) is 0 Å². The number of amides is 3. The lowest BCUT2D eigenvalue weighted by Crippen LogP contribution is -2.41. The summed E-state index contributed by atoms with van der Waals surface area (Å²) in [5, 5.41) is 12.6. The highest BCUT2D eigenvalue weighted by Gasteiger charge is 2.40. The summed E-state index contributed by atoms with van der Waals surface area (Å²) in [6, 6.07) is 31.1. The molecule has 2 fully saturated rings. The third-order valence-electron chi connectivity index (χ3n) is 9.34. The topological polar surface area (TPSA) is 132 Å². The fourth-order valence-corrected chi connectivity index (χ4v) is 6.84. The van der Waals surface area contributed by atoms with E-state index < -0.39 is 24.3 Å². The second-order valence-corrected chi connectivity index (χ2v) is 13.6. The van der Waals surface area contributed by atoms with Gasteiger partial charge in [0, 0.05) is 12.0 Å². The van der Waals surface area contributed by atoms with E-state index in [-0.39, 0.29) is 49.4 Å². The van der Waals surface area contributed by atoms with E-state index in [1.165, 1.54) is 4.90 Å². The molecule has 2 saturated heterocycles. The molecule has 7 rings (SSSR count). The molecule has 2 aliphatic heterocycles. The van der Waals surface area contributed by atoms with Crippen LogP contribution in [0.25, 0.3) is 11.1 Å². The molecule has 3 amide bonds. The Morgan fingerprint density at radius 3 is 2.32 bits per heavy atom. The number of hydrogen-bond donors (Lipinski definition) is 2. The SMILES string of the molecule is O=C(NC1CC(=O)N(Cc2ccccc2-c2ccc([C@H]3O[C@@H](Cn4cnc(Cl)c4Cl)C[C@@H](c4ccc(CO)cc4)O3)cc2)C1=O)OCc1ccccc1. The maximum absolute atomic E-state index is 13.3. The lowest BCUT2D eigenvalue weighted by Gasteiger charge is -2.36. The van der Waals surface area contributed by atoms with Crippen LogP contribution in [0, 0.1) is 0 Å². The molecule has 4 aromatic carbocycles. The van der Waals surface area contributed by atoms with Crippen LogP contribution in [-0.4, -0.2) is 49.6 Å². The zero-order chi connectivity index (χ0) is 36.9. The van der Waals surface area contributed by atoms with Gasteiger partial charge >= 0.3 is 6.09 Å². The fraction of sp³-hybridized carbons (Fsp3) is 0.250. The van der Waals surface area contributed by atoms with Crippen molar-refractivity contribution in [2.24, 2.45) is 0 Å². The monoisotopic (exact) mass is 754 g/mol. The Hall–Kier alpha value is -5.04. The summed E-state index contributed by atoms with van der Waals surface area (Å²) in [5.41, 5.74) is 5.83. The summed E-state index contributed by atoms with van der Waals surface area (Å²) in [6.45, 7) is 0.450. The quantitative estimate of drug-likeness (QED) is 0.136. The van der Waals surface area contributed by atoms with Gasteiger partial charge in [-0.05, 0) is 33.4 Å². The molecule has 1 unspecified atom stereocenters. The van der Waals surface area contributed by atoms with Crippen LogP contribution in [0.4, 0.5) is 4.79 Å². The fourth-order valence-electron chi connectivity index (χ4n) is 6.52. The van der Waals surface area contributed by atoms with Crippen LogP contribution in [0.2, 0.25) is 10.3 Å². The van der Waals surface area contributed by atoms with Gasteiger partial charge in [-0.15, -0.1) is 0 Å². The number of hydrogen-bond acceptors (Lipinski definition) is 8. The molecule has 4 atom stereocenters. The van der Waals surface area contributed by atoms with Gasteiger partial charge < -0.3 is 29.2 Å². The van der Waals surface area contributed by atoms with Gasteiger partial charge in [0.25, 0.3) is 5.91 Å². The van der Waals surface area contributed by atoms with Crippen molar-refractivity contribution < 1.29 is 33.7 Å². The second kappa shape index (κ2) is 16.3. The van der Waals surface area contributed by atoms with Crippen molar-refractivity contribution in [2.75, 3.05) is 0 Å². The van der Waals surface area contributed by atoms with Crippen LogP contribution in [0.5, 0.6) is 0 Å². The van der Waals surface area contributed by atoms with Crippen molar-refractivity contribution in [1.82, 2.24) is 19.8 Å². The van der Waals surface area contributed by atoms with Crippen LogP contribution >= 0.6 is 23.2 Å². The maximum atomic E-state index is 13.3. The molecule has 3 heterocycles. The van der Waals surface area contributed by atoms with E-state index in [4.69, 9.17) is 37.4 Å². The van der Waals surface area contributed by atoms with Crippen LogP contribution in [0.1, 0.15) is 53.1 Å². The summed E-state index contributed by atoms with van der Waals surface area (Å²) in [7, 11) is 0. The summed E-state index contributed by atoms with van der Waals surface area (Å²) in [5.74, 6) is -0.868. The van der Waals surface area contributed by atoms with Gasteiger partial charge in [-0.1, -0.05) is 126 Å². The van der Waals surface area contributed by atoms with Crippen LogP contribution in [0.3, 0.4) is 0 Å². The average molecular weight is 756 g/mol. The first-order valence-corrected chi connectivity index (χ1v) is 17.9. The Labute approximate surface area is 316 Å². The van der Waals surface area contributed by atoms with E-state index in [0.29, 0.717) is 18.1 Å². The predicted octanol–water partition coefficient (Wildman–Crippen LogP) is 7.15. The van der Waals surface area contributed by atoms with E-state index in [2.05, 4.69) is 10.3 Å². The number of imidazole rings is 1. The first-order valence-electron chi connectivity index (χ1n) is 17.1. The third kappa shape index (κ3) is 8.45. The third-order valence-corrected chi connectivity index (χ3v) is 10.1. The van der Waals surface area contributed by atoms with Crippen molar-refractivity contribution in [2.45, 2.75) is 63.7 Å². The highest BCUT2D eigenvalue weighted by Crippen LogP contribution is 2.39. The molecule has 5 aromatic rings. The van der Waals surface area contributed by atoms with Gasteiger partial charge in [0.2, 0.25) is 5.91 Å². The van der Waals surface area contributed by atoms with Gasteiger partial charge in [-0.3, -0.25) is 14.5 Å². The Kier molecular flexibility index (Phi) is 11.2. The van der Waals surface area contributed by atoms with Crippen molar-refractivity contribution in [3.63, 3.8) is 0 Å². The number of carbonyl (C=O) groups excluding carboxylic acids is 3.